The molecule has 1 saturated heterocycles. The Kier molecular flexibility index (Phi) is 4.67. The van der Waals surface area contributed by atoms with Crippen molar-refractivity contribution in [2.24, 2.45) is 0 Å². The van der Waals surface area contributed by atoms with Crippen LogP contribution in [0.1, 0.15) is 70.1 Å². The van der Waals surface area contributed by atoms with E-state index in [1.165, 1.54) is 6.33 Å². The van der Waals surface area contributed by atoms with Crippen molar-refractivity contribution in [1.82, 2.24) is 14.9 Å². The summed E-state index contributed by atoms with van der Waals surface area (Å²) >= 11 is 0. The van der Waals surface area contributed by atoms with Crippen molar-refractivity contribution in [3.8, 4) is 0 Å². The summed E-state index contributed by atoms with van der Waals surface area (Å²) in [4.78, 5) is 34.5. The molecule has 0 spiro atoms. The fraction of sp³-hybridized carbons (Fsp3) is 0.667. The third kappa shape index (κ3) is 3.91. The molecule has 2 aliphatic rings. The summed E-state index contributed by atoms with van der Waals surface area (Å²) in [6, 6.07) is 0. The highest BCUT2D eigenvalue weighted by Gasteiger charge is 2.33. The van der Waals surface area contributed by atoms with Crippen molar-refractivity contribution in [3.05, 3.63) is 17.6 Å². The summed E-state index contributed by atoms with van der Waals surface area (Å²) in [5.41, 5.74) is 1.59. The second kappa shape index (κ2) is 6.61. The van der Waals surface area contributed by atoms with Gasteiger partial charge in [-0.25, -0.2) is 14.8 Å². The quantitative estimate of drug-likeness (QED) is 0.845. The molecular weight excluding hydrogens is 320 g/mol. The number of anilines is 1. The number of amides is 2. The highest BCUT2D eigenvalue weighted by Crippen LogP contribution is 2.38. The van der Waals surface area contributed by atoms with E-state index < -0.39 is 5.60 Å². The van der Waals surface area contributed by atoms with Crippen molar-refractivity contribution in [2.75, 3.05) is 18.4 Å². The molecule has 136 valence electrons. The van der Waals surface area contributed by atoms with E-state index in [1.807, 2.05) is 27.7 Å². The molecule has 7 nitrogen and oxygen atoms in total. The first-order chi connectivity index (χ1) is 11.7. The second-order valence-corrected chi connectivity index (χ2v) is 7.92. The number of carbonyl (C=O) groups excluding carboxylic acids is 2. The van der Waals surface area contributed by atoms with Crippen LogP contribution < -0.4 is 5.32 Å². The van der Waals surface area contributed by atoms with E-state index in [1.54, 1.807) is 4.90 Å². The Morgan fingerprint density at radius 3 is 2.60 bits per heavy atom. The number of rotatable bonds is 1. The molecule has 7 heteroatoms. The Morgan fingerprint density at radius 2 is 1.96 bits per heavy atom. The summed E-state index contributed by atoms with van der Waals surface area (Å²) in [7, 11) is 0. The summed E-state index contributed by atoms with van der Waals surface area (Å²) in [5, 5.41) is 2.85. The molecule has 3 rings (SSSR count). The van der Waals surface area contributed by atoms with Gasteiger partial charge in [0.05, 0.1) is 5.69 Å². The summed E-state index contributed by atoms with van der Waals surface area (Å²) in [6.45, 7) is 8.97. The molecule has 0 radical (unpaired) electrons. The number of aromatic nitrogens is 2. The van der Waals surface area contributed by atoms with Gasteiger partial charge in [0.2, 0.25) is 5.91 Å². The SMILES string of the molecule is CC1CC(=O)Nc2ncnc(C3CCN(C(=O)OC(C)(C)C)CC3)c21. The van der Waals surface area contributed by atoms with Crippen LogP contribution in [0, 0.1) is 0 Å². The average Bonchev–Trinajstić information content (AvgIpc) is 2.52. The van der Waals surface area contributed by atoms with E-state index in [0.717, 1.165) is 24.1 Å². The molecule has 0 bridgehead atoms. The van der Waals surface area contributed by atoms with Crippen molar-refractivity contribution >= 4 is 17.8 Å². The third-order valence-corrected chi connectivity index (χ3v) is 4.69. The van der Waals surface area contributed by atoms with Gasteiger partial charge in [-0.15, -0.1) is 0 Å². The van der Waals surface area contributed by atoms with Gasteiger partial charge in [0.25, 0.3) is 0 Å². The number of nitrogens with one attached hydrogen (secondary N) is 1. The number of likely N-dealkylation sites (tertiary alicyclic amines) is 1. The number of nitrogens with zero attached hydrogens (tertiary/aromatic N) is 3. The van der Waals surface area contributed by atoms with Crippen molar-refractivity contribution in [2.45, 2.75) is 64.4 Å². The highest BCUT2D eigenvalue weighted by molar-refractivity contribution is 5.93. The lowest BCUT2D eigenvalue weighted by molar-refractivity contribution is -0.116. The van der Waals surface area contributed by atoms with E-state index in [9.17, 15) is 9.59 Å². The van der Waals surface area contributed by atoms with Gasteiger partial charge in [0.1, 0.15) is 17.7 Å². The fourth-order valence-electron chi connectivity index (χ4n) is 3.55. The maximum Gasteiger partial charge on any atom is 0.410 e. The average molecular weight is 346 g/mol. The molecule has 1 atom stereocenters. The van der Waals surface area contributed by atoms with E-state index in [2.05, 4.69) is 15.3 Å². The fourth-order valence-corrected chi connectivity index (χ4v) is 3.55. The zero-order valence-corrected chi connectivity index (χ0v) is 15.3. The minimum atomic E-state index is -0.479. The lowest BCUT2D eigenvalue weighted by Crippen LogP contribution is -2.41. The van der Waals surface area contributed by atoms with Crippen LogP contribution in [0.2, 0.25) is 0 Å². The smallest absolute Gasteiger partial charge is 0.410 e. The topological polar surface area (TPSA) is 84.4 Å². The van der Waals surface area contributed by atoms with Crippen LogP contribution in [-0.2, 0) is 9.53 Å². The molecular formula is C18H26N4O3. The predicted octanol–water partition coefficient (Wildman–Crippen LogP) is 3.04. The molecule has 2 amide bonds. The third-order valence-electron chi connectivity index (χ3n) is 4.69. The van der Waals surface area contributed by atoms with E-state index >= 15 is 0 Å². The molecule has 25 heavy (non-hydrogen) atoms. The Labute approximate surface area is 148 Å². The predicted molar refractivity (Wildman–Crippen MR) is 93.5 cm³/mol. The highest BCUT2D eigenvalue weighted by atomic mass is 16.6. The monoisotopic (exact) mass is 346 g/mol. The summed E-state index contributed by atoms with van der Waals surface area (Å²) in [5.74, 6) is 1.03. The van der Waals surface area contributed by atoms with Crippen LogP contribution in [0.15, 0.2) is 6.33 Å². The first-order valence-electron chi connectivity index (χ1n) is 8.87. The van der Waals surface area contributed by atoms with Gasteiger partial charge in [-0.3, -0.25) is 4.79 Å². The second-order valence-electron chi connectivity index (χ2n) is 7.92. The number of piperidine rings is 1. The van der Waals surface area contributed by atoms with Gasteiger partial charge in [0, 0.05) is 31.0 Å². The van der Waals surface area contributed by atoms with Crippen LogP contribution in [0.3, 0.4) is 0 Å². The van der Waals surface area contributed by atoms with Crippen molar-refractivity contribution < 1.29 is 14.3 Å². The van der Waals surface area contributed by atoms with Gasteiger partial charge in [0.15, 0.2) is 0 Å². The van der Waals surface area contributed by atoms with Crippen LogP contribution in [0.4, 0.5) is 10.6 Å². The van der Waals surface area contributed by atoms with Gasteiger partial charge in [-0.1, -0.05) is 6.92 Å². The first-order valence-corrected chi connectivity index (χ1v) is 8.87. The summed E-state index contributed by atoms with van der Waals surface area (Å²) < 4.78 is 5.45. The largest absolute Gasteiger partial charge is 0.444 e. The molecule has 1 unspecified atom stereocenters. The van der Waals surface area contributed by atoms with Crippen molar-refractivity contribution in [3.63, 3.8) is 0 Å². The number of carbonyl (C=O) groups is 2. The van der Waals surface area contributed by atoms with Crippen LogP contribution in [0.5, 0.6) is 0 Å². The Bertz CT molecular complexity index is 675. The van der Waals surface area contributed by atoms with E-state index in [4.69, 9.17) is 4.74 Å². The van der Waals surface area contributed by atoms with E-state index in [0.29, 0.717) is 25.3 Å². The van der Waals surface area contributed by atoms with Crippen LogP contribution in [0.25, 0.3) is 0 Å². The standard InChI is InChI=1S/C18H26N4O3/c1-11-9-13(23)21-16-14(11)15(19-10-20-16)12-5-7-22(8-6-12)17(24)25-18(2,3)4/h10-12H,5-9H2,1-4H3,(H,19,20,21,23). The normalized spacial score (nSPS) is 21.5. The minimum absolute atomic E-state index is 0.00407. The molecule has 1 N–H and O–H groups in total. The maximum atomic E-state index is 12.2. The number of hydrogen-bond acceptors (Lipinski definition) is 5. The zero-order chi connectivity index (χ0) is 18.2. The van der Waals surface area contributed by atoms with Crippen LogP contribution >= 0.6 is 0 Å². The minimum Gasteiger partial charge on any atom is -0.444 e. The van der Waals surface area contributed by atoms with Gasteiger partial charge >= 0.3 is 6.09 Å². The van der Waals surface area contributed by atoms with Gasteiger partial charge in [-0.2, -0.15) is 0 Å². The molecule has 3 heterocycles. The number of fused-ring (bicyclic) bond motifs is 1. The molecule has 0 aromatic carbocycles. The number of hydrogen-bond donors (Lipinski definition) is 1. The van der Waals surface area contributed by atoms with Crippen molar-refractivity contribution in [1.29, 1.82) is 0 Å². The van der Waals surface area contributed by atoms with Crippen LogP contribution in [-0.4, -0.2) is 45.6 Å². The van der Waals surface area contributed by atoms with E-state index in [-0.39, 0.29) is 23.8 Å². The lowest BCUT2D eigenvalue weighted by atomic mass is 9.84. The molecule has 1 aromatic heterocycles. The Morgan fingerprint density at radius 1 is 1.28 bits per heavy atom. The Hall–Kier alpha value is -2.18. The molecule has 0 aliphatic carbocycles. The van der Waals surface area contributed by atoms with Gasteiger partial charge < -0.3 is 15.0 Å². The first kappa shape index (κ1) is 17.6. The molecule has 1 aromatic rings. The molecule has 0 saturated carbocycles. The van der Waals surface area contributed by atoms with Gasteiger partial charge in [-0.05, 0) is 39.5 Å². The molecule has 1 fully saturated rings. The zero-order valence-electron chi connectivity index (χ0n) is 15.3. The number of ether oxygens (including phenoxy) is 1. The Balaban J connectivity index is 1.71. The maximum absolute atomic E-state index is 12.2. The summed E-state index contributed by atoms with van der Waals surface area (Å²) in [6.07, 6.45) is 3.40. The molecule has 2 aliphatic heterocycles. The lowest BCUT2D eigenvalue weighted by Gasteiger charge is -2.34.